The van der Waals surface area contributed by atoms with Crippen LogP contribution < -0.4 is 5.32 Å². The maximum atomic E-state index is 12.2. The van der Waals surface area contributed by atoms with Crippen LogP contribution in [0.1, 0.15) is 52.4 Å². The zero-order valence-electron chi connectivity index (χ0n) is 11.4. The van der Waals surface area contributed by atoms with Gasteiger partial charge in [0.1, 0.15) is 6.04 Å². The van der Waals surface area contributed by atoms with Gasteiger partial charge >= 0.3 is 0 Å². The molecule has 1 saturated heterocycles. The summed E-state index contributed by atoms with van der Waals surface area (Å²) in [6.45, 7) is 4.29. The second-order valence-corrected chi connectivity index (χ2v) is 5.62. The Morgan fingerprint density at radius 2 is 1.94 bits per heavy atom. The van der Waals surface area contributed by atoms with Crippen molar-refractivity contribution in [3.8, 4) is 0 Å². The number of carbonyl (C=O) groups is 2. The van der Waals surface area contributed by atoms with Crippen molar-refractivity contribution in [1.82, 2.24) is 10.2 Å². The predicted molar refractivity (Wildman–Crippen MR) is 70.0 cm³/mol. The van der Waals surface area contributed by atoms with Crippen LogP contribution in [0.4, 0.5) is 0 Å². The topological polar surface area (TPSA) is 49.4 Å². The van der Waals surface area contributed by atoms with Crippen LogP contribution >= 0.6 is 0 Å². The van der Waals surface area contributed by atoms with Crippen LogP contribution in [0.5, 0.6) is 0 Å². The van der Waals surface area contributed by atoms with Crippen LogP contribution in [0.2, 0.25) is 0 Å². The number of piperazine rings is 1. The molecule has 1 aliphatic carbocycles. The van der Waals surface area contributed by atoms with Gasteiger partial charge in [0.2, 0.25) is 11.8 Å². The summed E-state index contributed by atoms with van der Waals surface area (Å²) in [7, 11) is 0. The van der Waals surface area contributed by atoms with E-state index in [-0.39, 0.29) is 30.4 Å². The average Bonchev–Trinajstić information content (AvgIpc) is 2.41. The maximum absolute atomic E-state index is 12.2. The van der Waals surface area contributed by atoms with Crippen LogP contribution in [0.25, 0.3) is 0 Å². The van der Waals surface area contributed by atoms with Crippen LogP contribution in [-0.2, 0) is 9.59 Å². The highest BCUT2D eigenvalue weighted by molar-refractivity contribution is 5.95. The Bertz CT molecular complexity index is 324. The van der Waals surface area contributed by atoms with Gasteiger partial charge in [0.15, 0.2) is 0 Å². The van der Waals surface area contributed by atoms with E-state index < -0.39 is 0 Å². The first-order chi connectivity index (χ1) is 8.65. The fraction of sp³-hybridized carbons (Fsp3) is 0.857. The third-order valence-corrected chi connectivity index (χ3v) is 4.43. The number of rotatable bonds is 3. The lowest BCUT2D eigenvalue weighted by Gasteiger charge is -2.43. The fourth-order valence-electron chi connectivity index (χ4n) is 3.25. The molecule has 2 rings (SSSR count). The molecule has 1 saturated carbocycles. The van der Waals surface area contributed by atoms with E-state index in [0.29, 0.717) is 5.92 Å². The maximum Gasteiger partial charge on any atom is 0.243 e. The highest BCUT2D eigenvalue weighted by atomic mass is 16.2. The lowest BCUT2D eigenvalue weighted by molar-refractivity contribution is -0.151. The van der Waals surface area contributed by atoms with Crippen molar-refractivity contribution < 1.29 is 9.59 Å². The summed E-state index contributed by atoms with van der Waals surface area (Å²) in [6, 6.07) is -0.0584. The summed E-state index contributed by atoms with van der Waals surface area (Å²) >= 11 is 0. The first kappa shape index (κ1) is 13.4. The molecule has 2 unspecified atom stereocenters. The summed E-state index contributed by atoms with van der Waals surface area (Å²) in [6.07, 6.45) is 6.72. The minimum atomic E-state index is -0.221. The Balaban J connectivity index is 2.19. The zero-order chi connectivity index (χ0) is 13.1. The van der Waals surface area contributed by atoms with E-state index in [1.54, 1.807) is 0 Å². The Kier molecular flexibility index (Phi) is 4.25. The van der Waals surface area contributed by atoms with E-state index in [2.05, 4.69) is 12.2 Å². The van der Waals surface area contributed by atoms with Crippen LogP contribution in [-0.4, -0.2) is 35.3 Å². The number of nitrogens with one attached hydrogen (secondary N) is 1. The Morgan fingerprint density at radius 1 is 1.28 bits per heavy atom. The molecule has 2 aliphatic rings. The molecule has 4 nitrogen and oxygen atoms in total. The monoisotopic (exact) mass is 252 g/mol. The molecule has 0 aromatic carbocycles. The van der Waals surface area contributed by atoms with E-state index in [9.17, 15) is 9.59 Å². The van der Waals surface area contributed by atoms with Crippen molar-refractivity contribution in [2.24, 2.45) is 5.92 Å². The molecular formula is C14H24N2O2. The smallest absolute Gasteiger partial charge is 0.243 e. The average molecular weight is 252 g/mol. The highest BCUT2D eigenvalue weighted by Crippen LogP contribution is 2.31. The van der Waals surface area contributed by atoms with Crippen molar-refractivity contribution in [2.75, 3.05) is 6.54 Å². The predicted octanol–water partition coefficient (Wildman–Crippen LogP) is 1.69. The minimum Gasteiger partial charge on any atom is -0.345 e. The second kappa shape index (κ2) is 5.72. The molecule has 1 N–H and O–H groups in total. The van der Waals surface area contributed by atoms with Gasteiger partial charge in [-0.25, -0.2) is 0 Å². The minimum absolute atomic E-state index is 0.0572. The van der Waals surface area contributed by atoms with E-state index in [4.69, 9.17) is 0 Å². The van der Waals surface area contributed by atoms with E-state index in [1.165, 1.54) is 19.3 Å². The summed E-state index contributed by atoms with van der Waals surface area (Å²) < 4.78 is 0. The van der Waals surface area contributed by atoms with E-state index in [1.807, 2.05) is 11.8 Å². The summed E-state index contributed by atoms with van der Waals surface area (Å²) in [4.78, 5) is 26.1. The molecule has 2 fully saturated rings. The Hall–Kier alpha value is -1.06. The van der Waals surface area contributed by atoms with Crippen molar-refractivity contribution in [3.63, 3.8) is 0 Å². The third-order valence-electron chi connectivity index (χ3n) is 4.43. The standard InChI is InChI=1S/C14H24N2O2/c1-3-10(2)16-12(17)9-15-14(18)13(16)11-7-5-4-6-8-11/h10-11,13H,3-9H2,1-2H3,(H,15,18). The third kappa shape index (κ3) is 2.52. The SMILES string of the molecule is CCC(C)N1C(=O)CNC(=O)C1C1CCCCC1. The van der Waals surface area contributed by atoms with Crippen molar-refractivity contribution >= 4 is 11.8 Å². The van der Waals surface area contributed by atoms with Gasteiger partial charge < -0.3 is 10.2 Å². The molecule has 1 aliphatic heterocycles. The van der Waals surface area contributed by atoms with Gasteiger partial charge in [0.05, 0.1) is 6.54 Å². The van der Waals surface area contributed by atoms with Crippen LogP contribution in [0.3, 0.4) is 0 Å². The number of nitrogens with zero attached hydrogens (tertiary/aromatic N) is 1. The summed E-state index contributed by atoms with van der Waals surface area (Å²) in [5, 5.41) is 2.76. The zero-order valence-corrected chi connectivity index (χ0v) is 11.4. The molecule has 2 amide bonds. The Labute approximate surface area is 109 Å². The van der Waals surface area contributed by atoms with Gasteiger partial charge in [-0.05, 0) is 32.1 Å². The summed E-state index contributed by atoms with van der Waals surface area (Å²) in [5.74, 6) is 0.498. The van der Waals surface area contributed by atoms with Crippen molar-refractivity contribution in [1.29, 1.82) is 0 Å². The van der Waals surface area contributed by atoms with Crippen LogP contribution in [0.15, 0.2) is 0 Å². The number of hydrogen-bond donors (Lipinski definition) is 1. The van der Waals surface area contributed by atoms with E-state index in [0.717, 1.165) is 19.3 Å². The van der Waals surface area contributed by atoms with Gasteiger partial charge in [-0.15, -0.1) is 0 Å². The molecule has 0 spiro atoms. The molecule has 18 heavy (non-hydrogen) atoms. The molecule has 4 heteroatoms. The molecular weight excluding hydrogens is 228 g/mol. The van der Waals surface area contributed by atoms with Crippen molar-refractivity contribution in [3.05, 3.63) is 0 Å². The number of amides is 2. The lowest BCUT2D eigenvalue weighted by Crippen LogP contribution is -2.63. The van der Waals surface area contributed by atoms with Crippen molar-refractivity contribution in [2.45, 2.75) is 64.5 Å². The second-order valence-electron chi connectivity index (χ2n) is 5.62. The normalized spacial score (nSPS) is 28.1. The number of carbonyl (C=O) groups excluding carboxylic acids is 2. The van der Waals surface area contributed by atoms with Gasteiger partial charge in [-0.1, -0.05) is 26.2 Å². The molecule has 1 heterocycles. The van der Waals surface area contributed by atoms with E-state index >= 15 is 0 Å². The highest BCUT2D eigenvalue weighted by Gasteiger charge is 2.41. The summed E-state index contributed by atoms with van der Waals surface area (Å²) in [5.41, 5.74) is 0. The molecule has 0 bridgehead atoms. The molecule has 2 atom stereocenters. The first-order valence-corrected chi connectivity index (χ1v) is 7.24. The van der Waals surface area contributed by atoms with Gasteiger partial charge in [-0.2, -0.15) is 0 Å². The molecule has 0 aromatic heterocycles. The first-order valence-electron chi connectivity index (χ1n) is 7.24. The van der Waals surface area contributed by atoms with Gasteiger partial charge in [0, 0.05) is 6.04 Å². The van der Waals surface area contributed by atoms with Gasteiger partial charge in [0.25, 0.3) is 0 Å². The largest absolute Gasteiger partial charge is 0.345 e. The molecule has 0 aromatic rings. The van der Waals surface area contributed by atoms with Gasteiger partial charge in [-0.3, -0.25) is 9.59 Å². The Morgan fingerprint density at radius 3 is 2.56 bits per heavy atom. The fourth-order valence-corrected chi connectivity index (χ4v) is 3.25. The quantitative estimate of drug-likeness (QED) is 0.831. The molecule has 0 radical (unpaired) electrons. The molecule has 102 valence electrons. The number of hydrogen-bond acceptors (Lipinski definition) is 2. The lowest BCUT2D eigenvalue weighted by atomic mass is 9.81. The van der Waals surface area contributed by atoms with Crippen LogP contribution in [0, 0.1) is 5.92 Å².